The Bertz CT molecular complexity index is 1100. The Hall–Kier alpha value is -2.99. The Balaban J connectivity index is 1.69. The van der Waals surface area contributed by atoms with Gasteiger partial charge in [0.15, 0.2) is 0 Å². The fourth-order valence-corrected chi connectivity index (χ4v) is 3.98. The van der Waals surface area contributed by atoms with Crippen LogP contribution in [-0.2, 0) is 0 Å². The SMILES string of the molecule is Cc1cc(C)c(C(=O)N[C@H](c2cnc3ccccc3c2)C2CC(O)C2)c(=O)[nH]1. The number of nitrogens with one attached hydrogen (secondary N) is 2. The molecule has 1 amide bonds. The number of aryl methyl sites for hydroxylation is 2. The fraction of sp³-hybridized carbons (Fsp3) is 0.318. The lowest BCUT2D eigenvalue weighted by molar-refractivity contribution is 0.0234. The van der Waals surface area contributed by atoms with E-state index in [0.717, 1.165) is 22.2 Å². The average Bonchev–Trinajstić information content (AvgIpc) is 2.62. The van der Waals surface area contributed by atoms with Crippen LogP contribution in [0.1, 0.15) is 46.1 Å². The van der Waals surface area contributed by atoms with Crippen LogP contribution in [0.3, 0.4) is 0 Å². The van der Waals surface area contributed by atoms with Crippen LogP contribution < -0.4 is 10.9 Å². The molecule has 6 nitrogen and oxygen atoms in total. The highest BCUT2D eigenvalue weighted by Crippen LogP contribution is 2.38. The predicted molar refractivity (Wildman–Crippen MR) is 107 cm³/mol. The first-order valence-corrected chi connectivity index (χ1v) is 9.46. The number of aromatic nitrogens is 2. The topological polar surface area (TPSA) is 95.1 Å². The van der Waals surface area contributed by atoms with Gasteiger partial charge < -0.3 is 15.4 Å². The zero-order valence-electron chi connectivity index (χ0n) is 15.9. The molecule has 144 valence electrons. The zero-order valence-corrected chi connectivity index (χ0v) is 15.9. The molecular weight excluding hydrogens is 354 g/mol. The largest absolute Gasteiger partial charge is 0.393 e. The molecule has 0 aliphatic heterocycles. The number of hydrogen-bond acceptors (Lipinski definition) is 4. The number of aliphatic hydroxyl groups is 1. The molecule has 0 unspecified atom stereocenters. The zero-order chi connectivity index (χ0) is 19.8. The summed E-state index contributed by atoms with van der Waals surface area (Å²) in [4.78, 5) is 32.5. The standard InChI is InChI=1S/C22H23N3O3/c1-12-7-13(2)24-21(27)19(12)22(28)25-20(15-9-17(26)10-15)16-8-14-5-3-4-6-18(14)23-11-16/h3-8,11,15,17,20,26H,9-10H2,1-2H3,(H,24,27)(H,25,28)/t15?,17?,20-/m0/s1. The molecule has 1 aromatic carbocycles. The maximum Gasteiger partial charge on any atom is 0.261 e. The summed E-state index contributed by atoms with van der Waals surface area (Å²) in [6, 6.07) is 11.3. The highest BCUT2D eigenvalue weighted by Gasteiger charge is 2.36. The summed E-state index contributed by atoms with van der Waals surface area (Å²) in [5, 5.41) is 13.8. The monoisotopic (exact) mass is 377 g/mol. The molecule has 2 heterocycles. The number of hydrogen-bond donors (Lipinski definition) is 3. The number of para-hydroxylation sites is 1. The number of amides is 1. The van der Waals surface area contributed by atoms with E-state index in [1.165, 1.54) is 0 Å². The second-order valence-electron chi connectivity index (χ2n) is 7.64. The summed E-state index contributed by atoms with van der Waals surface area (Å²) in [5.41, 5.74) is 2.86. The Morgan fingerprint density at radius 2 is 2.00 bits per heavy atom. The van der Waals surface area contributed by atoms with Gasteiger partial charge in [-0.05, 0) is 61.9 Å². The number of carbonyl (C=O) groups excluding carboxylic acids is 1. The Kier molecular flexibility index (Phi) is 4.73. The van der Waals surface area contributed by atoms with Crippen LogP contribution in [0.15, 0.2) is 47.4 Å². The molecule has 0 bridgehead atoms. The Morgan fingerprint density at radius 1 is 1.25 bits per heavy atom. The van der Waals surface area contributed by atoms with Gasteiger partial charge >= 0.3 is 0 Å². The van der Waals surface area contributed by atoms with Gasteiger partial charge in [-0.3, -0.25) is 14.6 Å². The van der Waals surface area contributed by atoms with Crippen LogP contribution in [0, 0.1) is 19.8 Å². The van der Waals surface area contributed by atoms with Gasteiger partial charge in [0, 0.05) is 17.3 Å². The Labute approximate surface area is 162 Å². The van der Waals surface area contributed by atoms with Crippen LogP contribution in [0.2, 0.25) is 0 Å². The minimum atomic E-state index is -0.404. The van der Waals surface area contributed by atoms with E-state index in [0.29, 0.717) is 18.4 Å². The number of carbonyl (C=O) groups is 1. The predicted octanol–water partition coefficient (Wildman–Crippen LogP) is 2.78. The number of H-pyrrole nitrogens is 1. The molecule has 1 fully saturated rings. The van der Waals surface area contributed by atoms with Crippen LogP contribution in [0.5, 0.6) is 0 Å². The number of aliphatic hydroxyl groups excluding tert-OH is 1. The van der Waals surface area contributed by atoms with Crippen molar-refractivity contribution >= 4 is 16.8 Å². The highest BCUT2D eigenvalue weighted by atomic mass is 16.3. The lowest BCUT2D eigenvalue weighted by Crippen LogP contribution is -2.42. The van der Waals surface area contributed by atoms with Crippen molar-refractivity contribution in [2.24, 2.45) is 5.92 Å². The number of pyridine rings is 2. The third-order valence-corrected chi connectivity index (χ3v) is 5.47. The Morgan fingerprint density at radius 3 is 2.71 bits per heavy atom. The van der Waals surface area contributed by atoms with E-state index in [2.05, 4.69) is 15.3 Å². The van der Waals surface area contributed by atoms with Crippen LogP contribution >= 0.6 is 0 Å². The van der Waals surface area contributed by atoms with E-state index < -0.39 is 5.91 Å². The van der Waals surface area contributed by atoms with Crippen molar-refractivity contribution in [3.63, 3.8) is 0 Å². The molecule has 1 aliphatic rings. The molecule has 2 aromatic heterocycles. The lowest BCUT2D eigenvalue weighted by atomic mass is 9.75. The van der Waals surface area contributed by atoms with Gasteiger partial charge in [-0.25, -0.2) is 0 Å². The quantitative estimate of drug-likeness (QED) is 0.651. The minimum Gasteiger partial charge on any atom is -0.393 e. The number of nitrogens with zero attached hydrogens (tertiary/aromatic N) is 1. The van der Waals surface area contributed by atoms with E-state index in [4.69, 9.17) is 0 Å². The molecule has 6 heteroatoms. The van der Waals surface area contributed by atoms with Crippen LogP contribution in [0.25, 0.3) is 10.9 Å². The highest BCUT2D eigenvalue weighted by molar-refractivity contribution is 5.95. The molecule has 0 saturated heterocycles. The van der Waals surface area contributed by atoms with Gasteiger partial charge in [0.05, 0.1) is 17.7 Å². The van der Waals surface area contributed by atoms with E-state index in [9.17, 15) is 14.7 Å². The summed E-state index contributed by atoms with van der Waals surface area (Å²) >= 11 is 0. The smallest absolute Gasteiger partial charge is 0.261 e. The maximum atomic E-state index is 13.0. The van der Waals surface area contributed by atoms with Gasteiger partial charge in [0.2, 0.25) is 0 Å². The summed E-state index contributed by atoms with van der Waals surface area (Å²) < 4.78 is 0. The molecule has 4 rings (SSSR count). The van der Waals surface area contributed by atoms with E-state index in [-0.39, 0.29) is 29.2 Å². The van der Waals surface area contributed by atoms with Gasteiger partial charge in [0.25, 0.3) is 11.5 Å². The molecule has 1 atom stereocenters. The molecular formula is C22H23N3O3. The average molecular weight is 377 g/mol. The molecule has 1 saturated carbocycles. The van der Waals surface area contributed by atoms with E-state index in [1.807, 2.05) is 30.3 Å². The third-order valence-electron chi connectivity index (χ3n) is 5.47. The second kappa shape index (κ2) is 7.20. The maximum absolute atomic E-state index is 13.0. The van der Waals surface area contributed by atoms with Crippen molar-refractivity contribution in [2.45, 2.75) is 38.8 Å². The fourth-order valence-electron chi connectivity index (χ4n) is 3.98. The summed E-state index contributed by atoms with van der Waals surface area (Å²) in [6.45, 7) is 3.55. The minimum absolute atomic E-state index is 0.103. The van der Waals surface area contributed by atoms with E-state index >= 15 is 0 Å². The number of rotatable bonds is 4. The number of aromatic amines is 1. The van der Waals surface area contributed by atoms with Crippen molar-refractivity contribution in [3.8, 4) is 0 Å². The molecule has 0 spiro atoms. The summed E-state index contributed by atoms with van der Waals surface area (Å²) in [7, 11) is 0. The van der Waals surface area contributed by atoms with Gasteiger partial charge in [-0.15, -0.1) is 0 Å². The normalized spacial score (nSPS) is 19.8. The van der Waals surface area contributed by atoms with Gasteiger partial charge in [0.1, 0.15) is 5.56 Å². The first-order chi connectivity index (χ1) is 13.4. The van der Waals surface area contributed by atoms with Crippen LogP contribution in [0.4, 0.5) is 0 Å². The van der Waals surface area contributed by atoms with Crippen molar-refractivity contribution in [1.82, 2.24) is 15.3 Å². The lowest BCUT2D eigenvalue weighted by Gasteiger charge is -2.38. The third kappa shape index (κ3) is 3.43. The molecule has 3 aromatic rings. The van der Waals surface area contributed by atoms with E-state index in [1.54, 1.807) is 26.1 Å². The molecule has 1 aliphatic carbocycles. The second-order valence-corrected chi connectivity index (χ2v) is 7.64. The summed E-state index contributed by atoms with van der Waals surface area (Å²) in [5.74, 6) is -0.301. The molecule has 3 N–H and O–H groups in total. The van der Waals surface area contributed by atoms with Crippen molar-refractivity contribution < 1.29 is 9.90 Å². The number of benzene rings is 1. The van der Waals surface area contributed by atoms with Gasteiger partial charge in [-0.1, -0.05) is 18.2 Å². The summed E-state index contributed by atoms with van der Waals surface area (Å²) in [6.07, 6.45) is 2.65. The molecule has 0 radical (unpaired) electrons. The van der Waals surface area contributed by atoms with Crippen molar-refractivity contribution in [2.75, 3.05) is 0 Å². The number of fused-ring (bicyclic) bond motifs is 1. The van der Waals surface area contributed by atoms with Crippen molar-refractivity contribution in [1.29, 1.82) is 0 Å². The first-order valence-electron chi connectivity index (χ1n) is 9.46. The first kappa shape index (κ1) is 18.4. The van der Waals surface area contributed by atoms with Crippen LogP contribution in [-0.4, -0.2) is 27.1 Å². The van der Waals surface area contributed by atoms with Crippen molar-refractivity contribution in [3.05, 3.63) is 75.3 Å². The van der Waals surface area contributed by atoms with Gasteiger partial charge in [-0.2, -0.15) is 0 Å². The molecule has 28 heavy (non-hydrogen) atoms.